The molecule has 2 heterocycles. The second-order valence-electron chi connectivity index (χ2n) is 7.40. The molecule has 2 aromatic carbocycles. The van der Waals surface area contributed by atoms with Crippen molar-refractivity contribution in [3.8, 4) is 0 Å². The number of anilines is 2. The monoisotopic (exact) mass is 447 g/mol. The number of amides is 3. The first kappa shape index (κ1) is 21.1. The first-order chi connectivity index (χ1) is 14.7. The third kappa shape index (κ3) is 4.47. The van der Waals surface area contributed by atoms with Crippen LogP contribution in [0.3, 0.4) is 0 Å². The number of aryl methyl sites for hydroxylation is 1. The highest BCUT2D eigenvalue weighted by Gasteiger charge is 2.49. The van der Waals surface area contributed by atoms with Crippen LogP contribution in [0, 0.1) is 5.82 Å². The average Bonchev–Trinajstić information content (AvgIpc) is 3.00. The Kier molecular flexibility index (Phi) is 5.55. The van der Waals surface area contributed by atoms with Gasteiger partial charge in [-0.1, -0.05) is 11.6 Å². The van der Waals surface area contributed by atoms with E-state index in [-0.39, 0.29) is 30.4 Å². The zero-order valence-electron chi connectivity index (χ0n) is 16.3. The molecule has 3 N–H and O–H groups in total. The highest BCUT2D eigenvalue weighted by Crippen LogP contribution is 2.33. The number of aliphatic hydroxyl groups is 1. The predicted octanol–water partition coefficient (Wildman–Crippen LogP) is 2.72. The molecule has 8 nitrogen and oxygen atoms in total. The molecule has 1 atom stereocenters. The van der Waals surface area contributed by atoms with E-state index >= 15 is 0 Å². The molecule has 2 aliphatic heterocycles. The number of nitrogens with one attached hydrogen (secondary N) is 2. The van der Waals surface area contributed by atoms with Crippen molar-refractivity contribution in [2.45, 2.75) is 31.6 Å². The molecule has 0 aromatic heterocycles. The summed E-state index contributed by atoms with van der Waals surface area (Å²) in [4.78, 5) is 37.7. The minimum absolute atomic E-state index is 0.0631. The lowest BCUT2D eigenvalue weighted by Crippen LogP contribution is -2.46. The Balaban J connectivity index is 1.40. The Labute approximate surface area is 181 Å². The van der Waals surface area contributed by atoms with Crippen LogP contribution in [0.1, 0.15) is 24.0 Å². The van der Waals surface area contributed by atoms with Crippen molar-refractivity contribution in [3.05, 3.63) is 58.4 Å². The predicted molar refractivity (Wildman–Crippen MR) is 110 cm³/mol. The van der Waals surface area contributed by atoms with Crippen molar-refractivity contribution in [3.63, 3.8) is 0 Å². The zero-order valence-corrected chi connectivity index (χ0v) is 17.0. The van der Waals surface area contributed by atoms with E-state index in [0.717, 1.165) is 11.6 Å². The van der Waals surface area contributed by atoms with Gasteiger partial charge in [0.2, 0.25) is 5.91 Å². The number of halogens is 2. The van der Waals surface area contributed by atoms with E-state index in [9.17, 15) is 23.9 Å². The summed E-state index contributed by atoms with van der Waals surface area (Å²) in [6.45, 7) is 0.0497. The molecule has 0 spiro atoms. The van der Waals surface area contributed by atoms with E-state index in [1.165, 1.54) is 17.0 Å². The van der Waals surface area contributed by atoms with Crippen LogP contribution in [0.25, 0.3) is 0 Å². The molecule has 2 aliphatic rings. The van der Waals surface area contributed by atoms with Crippen LogP contribution < -0.4 is 15.5 Å². The van der Waals surface area contributed by atoms with Crippen molar-refractivity contribution in [2.24, 2.45) is 0 Å². The lowest BCUT2D eigenvalue weighted by Gasteiger charge is -2.24. The SMILES string of the molecule is O=C1CCc2cc(N3CCC(O)(OC(=O)NCc4cc(F)cc(Cl)c4)C3=O)ccc2N1. The fourth-order valence-electron chi connectivity index (χ4n) is 3.64. The molecule has 10 heteroatoms. The van der Waals surface area contributed by atoms with Crippen LogP contribution in [0.5, 0.6) is 0 Å². The van der Waals surface area contributed by atoms with Crippen LogP contribution in [0.15, 0.2) is 36.4 Å². The third-order valence-electron chi connectivity index (χ3n) is 5.17. The van der Waals surface area contributed by atoms with Crippen LogP contribution >= 0.6 is 11.6 Å². The lowest BCUT2D eigenvalue weighted by molar-refractivity contribution is -0.175. The summed E-state index contributed by atoms with van der Waals surface area (Å²) in [6.07, 6.45) is -0.233. The maximum Gasteiger partial charge on any atom is 0.410 e. The molecule has 0 bridgehead atoms. The normalized spacial score (nSPS) is 20.3. The topological polar surface area (TPSA) is 108 Å². The first-order valence-electron chi connectivity index (χ1n) is 9.62. The molecule has 162 valence electrons. The number of alkyl carbamates (subject to hydrolysis) is 1. The number of benzene rings is 2. The van der Waals surface area contributed by atoms with Gasteiger partial charge in [-0.25, -0.2) is 9.18 Å². The first-order valence-corrected chi connectivity index (χ1v) is 10.0. The van der Waals surface area contributed by atoms with Gasteiger partial charge in [-0.05, 0) is 53.9 Å². The minimum atomic E-state index is -2.31. The van der Waals surface area contributed by atoms with Gasteiger partial charge in [0.15, 0.2) is 0 Å². The smallest absolute Gasteiger partial charge is 0.407 e. The van der Waals surface area contributed by atoms with Gasteiger partial charge in [0.05, 0.1) is 0 Å². The molecule has 31 heavy (non-hydrogen) atoms. The van der Waals surface area contributed by atoms with Gasteiger partial charge in [0.1, 0.15) is 5.82 Å². The standard InChI is InChI=1S/C21H19ClFN3O5/c22-14-7-12(8-15(23)10-14)11-24-20(29)31-21(30)5-6-26(19(21)28)16-2-3-17-13(9-16)1-4-18(27)25-17/h2-3,7-10,30H,1,4-6,11H2,(H,24,29)(H,25,27). The summed E-state index contributed by atoms with van der Waals surface area (Å²) < 4.78 is 18.4. The molecule has 0 radical (unpaired) electrons. The number of ether oxygens (including phenoxy) is 1. The summed E-state index contributed by atoms with van der Waals surface area (Å²) >= 11 is 5.78. The van der Waals surface area contributed by atoms with Crippen LogP contribution in [0.4, 0.5) is 20.6 Å². The van der Waals surface area contributed by atoms with Crippen molar-refractivity contribution in [1.82, 2.24) is 5.32 Å². The van der Waals surface area contributed by atoms with Gasteiger partial charge in [0, 0.05) is 42.3 Å². The quantitative estimate of drug-likeness (QED) is 0.624. The zero-order chi connectivity index (χ0) is 22.2. The van der Waals surface area contributed by atoms with Crippen molar-refractivity contribution < 1.29 is 28.6 Å². The fourth-order valence-corrected chi connectivity index (χ4v) is 3.88. The molecule has 1 unspecified atom stereocenters. The van der Waals surface area contributed by atoms with Crippen LogP contribution in [-0.4, -0.2) is 35.3 Å². The number of nitrogens with zero attached hydrogens (tertiary/aromatic N) is 1. The highest BCUT2D eigenvalue weighted by molar-refractivity contribution is 6.30. The van der Waals surface area contributed by atoms with Gasteiger partial charge in [-0.2, -0.15) is 0 Å². The molecule has 1 fully saturated rings. The van der Waals surface area contributed by atoms with E-state index in [1.54, 1.807) is 18.2 Å². The molecule has 0 saturated carbocycles. The third-order valence-corrected chi connectivity index (χ3v) is 5.39. The van der Waals surface area contributed by atoms with Gasteiger partial charge >= 0.3 is 6.09 Å². The Morgan fingerprint density at radius 1 is 1.26 bits per heavy atom. The maximum atomic E-state index is 13.4. The molecule has 4 rings (SSSR count). The van der Waals surface area contributed by atoms with Crippen molar-refractivity contribution in [2.75, 3.05) is 16.8 Å². The fraction of sp³-hybridized carbons (Fsp3) is 0.286. The summed E-state index contributed by atoms with van der Waals surface area (Å²) in [7, 11) is 0. The van der Waals surface area contributed by atoms with Crippen LogP contribution in [0.2, 0.25) is 5.02 Å². The Bertz CT molecular complexity index is 1060. The number of hydrogen-bond acceptors (Lipinski definition) is 5. The van der Waals surface area contributed by atoms with Gasteiger partial charge < -0.3 is 25.4 Å². The Hall–Kier alpha value is -3.17. The summed E-state index contributed by atoms with van der Waals surface area (Å²) in [6, 6.07) is 8.92. The molecule has 3 amide bonds. The number of fused-ring (bicyclic) bond motifs is 1. The Morgan fingerprint density at radius 3 is 2.84 bits per heavy atom. The number of rotatable bonds is 4. The Morgan fingerprint density at radius 2 is 2.06 bits per heavy atom. The summed E-state index contributed by atoms with van der Waals surface area (Å²) in [5.41, 5.74) is 2.51. The summed E-state index contributed by atoms with van der Waals surface area (Å²) in [5.74, 6) is -3.70. The maximum absolute atomic E-state index is 13.4. The molecular formula is C21H19ClFN3O5. The van der Waals surface area contributed by atoms with Crippen molar-refractivity contribution >= 4 is 40.9 Å². The lowest BCUT2D eigenvalue weighted by atomic mass is 10.0. The van der Waals surface area contributed by atoms with E-state index in [4.69, 9.17) is 16.3 Å². The van der Waals surface area contributed by atoms with Gasteiger partial charge in [0.25, 0.3) is 11.7 Å². The van der Waals surface area contributed by atoms with Gasteiger partial charge in [-0.3, -0.25) is 9.59 Å². The van der Waals surface area contributed by atoms with E-state index in [1.807, 2.05) is 0 Å². The van der Waals surface area contributed by atoms with E-state index in [2.05, 4.69) is 10.6 Å². The highest BCUT2D eigenvalue weighted by atomic mass is 35.5. The second kappa shape index (κ2) is 8.16. The van der Waals surface area contributed by atoms with E-state index in [0.29, 0.717) is 29.8 Å². The molecule has 2 aromatic rings. The number of carbonyl (C=O) groups excluding carboxylic acids is 3. The van der Waals surface area contributed by atoms with Crippen LogP contribution in [-0.2, 0) is 27.3 Å². The largest absolute Gasteiger partial charge is 0.410 e. The average molecular weight is 448 g/mol. The van der Waals surface area contributed by atoms with Gasteiger partial charge in [-0.15, -0.1) is 0 Å². The summed E-state index contributed by atoms with van der Waals surface area (Å²) in [5, 5.41) is 15.9. The minimum Gasteiger partial charge on any atom is -0.407 e. The number of hydrogen-bond donors (Lipinski definition) is 3. The van der Waals surface area contributed by atoms with Crippen molar-refractivity contribution in [1.29, 1.82) is 0 Å². The second-order valence-corrected chi connectivity index (χ2v) is 7.84. The van der Waals surface area contributed by atoms with E-state index < -0.39 is 23.6 Å². The molecule has 1 saturated heterocycles. The number of carbonyl (C=O) groups is 3. The molecule has 0 aliphatic carbocycles. The molecular weight excluding hydrogens is 429 g/mol.